The Morgan fingerprint density at radius 2 is 1.59 bits per heavy atom. The number of benzene rings is 3. The van der Waals surface area contributed by atoms with Gasteiger partial charge >= 0.3 is 0 Å². The number of rotatable bonds is 9. The Balaban J connectivity index is 1.47. The number of carbonyl (C=O) groups excluding carboxylic acids is 1. The number of hydrogen-bond donors (Lipinski definition) is 1. The summed E-state index contributed by atoms with van der Waals surface area (Å²) >= 11 is 1.20. The zero-order valence-corrected chi connectivity index (χ0v) is 26.6. The Bertz CT molecular complexity index is 2050. The van der Waals surface area contributed by atoms with Crippen LogP contribution in [-0.4, -0.2) is 63.9 Å². The average molecular weight is 624 g/mol. The fourth-order valence-corrected chi connectivity index (χ4v) is 7.69. The lowest BCUT2D eigenvalue weighted by Crippen LogP contribution is -2.29. The van der Waals surface area contributed by atoms with E-state index in [9.17, 15) is 13.2 Å². The summed E-state index contributed by atoms with van der Waals surface area (Å²) in [5.41, 5.74) is 6.85. The van der Waals surface area contributed by atoms with E-state index in [0.717, 1.165) is 44.2 Å². The standard InChI is InChI=1S/C34H33N5O3S2/c1-37(2)19-18-30(40)38(3)25-14-12-23(13-15-25)28-22-35-34-33(32(28)24-9-6-5-7-10-24)27-21-26(16-17-29(27)36-34)39(4)44(41,42)31-11-8-20-43-31/h5-17,20-22H,18-19H2,1-4H3,(H,35,36). The Labute approximate surface area is 261 Å². The van der Waals surface area contributed by atoms with E-state index in [1.807, 2.05) is 79.8 Å². The second-order valence-electron chi connectivity index (χ2n) is 10.9. The van der Waals surface area contributed by atoms with Crippen LogP contribution >= 0.6 is 11.3 Å². The molecule has 0 radical (unpaired) electrons. The molecule has 8 nitrogen and oxygen atoms in total. The number of hydrogen-bond acceptors (Lipinski definition) is 6. The van der Waals surface area contributed by atoms with E-state index in [1.54, 1.807) is 42.6 Å². The topological polar surface area (TPSA) is 89.6 Å². The number of nitrogens with one attached hydrogen (secondary N) is 1. The summed E-state index contributed by atoms with van der Waals surface area (Å²) < 4.78 is 28.3. The van der Waals surface area contributed by atoms with Crippen molar-refractivity contribution >= 4 is 60.6 Å². The third-order valence-electron chi connectivity index (χ3n) is 7.85. The van der Waals surface area contributed by atoms with Crippen LogP contribution in [0.2, 0.25) is 0 Å². The van der Waals surface area contributed by atoms with E-state index in [0.29, 0.717) is 28.5 Å². The van der Waals surface area contributed by atoms with Gasteiger partial charge in [-0.3, -0.25) is 9.10 Å². The minimum atomic E-state index is -3.70. The summed E-state index contributed by atoms with van der Waals surface area (Å²) in [7, 11) is 3.59. The largest absolute Gasteiger partial charge is 0.339 e. The van der Waals surface area contributed by atoms with E-state index >= 15 is 0 Å². The highest BCUT2D eigenvalue weighted by Gasteiger charge is 2.24. The van der Waals surface area contributed by atoms with Gasteiger partial charge in [0.15, 0.2) is 0 Å². The normalized spacial score (nSPS) is 11.8. The number of aromatic nitrogens is 2. The van der Waals surface area contributed by atoms with Crippen LogP contribution in [-0.2, 0) is 14.8 Å². The van der Waals surface area contributed by atoms with Crippen molar-refractivity contribution in [2.45, 2.75) is 10.6 Å². The van der Waals surface area contributed by atoms with Crippen LogP contribution in [0.25, 0.3) is 44.2 Å². The number of carbonyl (C=O) groups is 1. The third-order valence-corrected chi connectivity index (χ3v) is 11.0. The van der Waals surface area contributed by atoms with Crippen LogP contribution in [0, 0.1) is 0 Å². The minimum Gasteiger partial charge on any atom is -0.339 e. The number of thiophene rings is 1. The summed E-state index contributed by atoms with van der Waals surface area (Å²) in [4.78, 5) is 24.7. The molecule has 6 aromatic rings. The molecule has 0 atom stereocenters. The first-order valence-electron chi connectivity index (χ1n) is 14.2. The second kappa shape index (κ2) is 11.9. The third kappa shape index (κ3) is 5.47. The van der Waals surface area contributed by atoms with Crippen molar-refractivity contribution in [2.75, 3.05) is 43.9 Å². The lowest BCUT2D eigenvalue weighted by Gasteiger charge is -2.20. The van der Waals surface area contributed by atoms with E-state index in [1.165, 1.54) is 15.6 Å². The van der Waals surface area contributed by atoms with Crippen molar-refractivity contribution in [2.24, 2.45) is 0 Å². The van der Waals surface area contributed by atoms with E-state index in [4.69, 9.17) is 4.98 Å². The highest BCUT2D eigenvalue weighted by atomic mass is 32.2. The van der Waals surface area contributed by atoms with Gasteiger partial charge in [0.2, 0.25) is 5.91 Å². The molecular weight excluding hydrogens is 591 g/mol. The first-order chi connectivity index (χ1) is 21.1. The maximum Gasteiger partial charge on any atom is 0.273 e. The van der Waals surface area contributed by atoms with Crippen LogP contribution < -0.4 is 9.21 Å². The lowest BCUT2D eigenvalue weighted by atomic mass is 9.92. The Kier molecular flexibility index (Phi) is 7.98. The molecular formula is C34H33N5O3S2. The lowest BCUT2D eigenvalue weighted by molar-refractivity contribution is -0.118. The van der Waals surface area contributed by atoms with Crippen molar-refractivity contribution in [3.63, 3.8) is 0 Å². The number of nitrogens with zero attached hydrogens (tertiary/aromatic N) is 4. The molecule has 1 amide bonds. The van der Waals surface area contributed by atoms with Crippen LogP contribution in [0.15, 0.2) is 101 Å². The van der Waals surface area contributed by atoms with Gasteiger partial charge in [-0.25, -0.2) is 13.4 Å². The maximum atomic E-state index is 13.3. The predicted molar refractivity (Wildman–Crippen MR) is 181 cm³/mol. The maximum absolute atomic E-state index is 13.3. The number of anilines is 2. The Morgan fingerprint density at radius 3 is 2.27 bits per heavy atom. The summed E-state index contributed by atoms with van der Waals surface area (Å²) in [6.07, 6.45) is 2.31. The van der Waals surface area contributed by atoms with Gasteiger partial charge < -0.3 is 14.8 Å². The molecule has 224 valence electrons. The zero-order valence-electron chi connectivity index (χ0n) is 25.0. The molecule has 0 fully saturated rings. The number of amides is 1. The molecule has 0 aliphatic heterocycles. The summed E-state index contributed by atoms with van der Waals surface area (Å²) in [5, 5.41) is 3.55. The summed E-state index contributed by atoms with van der Waals surface area (Å²) in [5.74, 6) is 0.0557. The highest BCUT2D eigenvalue weighted by molar-refractivity contribution is 7.94. The van der Waals surface area contributed by atoms with Crippen molar-refractivity contribution in [1.82, 2.24) is 14.9 Å². The van der Waals surface area contributed by atoms with Gasteiger partial charge in [-0.15, -0.1) is 11.3 Å². The fourth-order valence-electron chi connectivity index (χ4n) is 5.34. The van der Waals surface area contributed by atoms with Gasteiger partial charge in [0, 0.05) is 66.4 Å². The molecule has 3 aromatic heterocycles. The SMILES string of the molecule is CN(C)CCC(=O)N(C)c1ccc(-c2cnc3[nH]c4ccc(N(C)S(=O)(=O)c5cccs5)cc4c3c2-c2ccccc2)cc1. The summed E-state index contributed by atoms with van der Waals surface area (Å²) in [6, 6.07) is 27.1. The van der Waals surface area contributed by atoms with Crippen LogP contribution in [0.1, 0.15) is 6.42 Å². The molecule has 0 aliphatic carbocycles. The average Bonchev–Trinajstić information content (AvgIpc) is 3.72. The molecule has 0 bridgehead atoms. The predicted octanol–water partition coefficient (Wildman–Crippen LogP) is 6.85. The van der Waals surface area contributed by atoms with Crippen molar-refractivity contribution in [1.29, 1.82) is 0 Å². The smallest absolute Gasteiger partial charge is 0.273 e. The highest BCUT2D eigenvalue weighted by Crippen LogP contribution is 2.42. The Morgan fingerprint density at radius 1 is 0.864 bits per heavy atom. The van der Waals surface area contributed by atoms with Gasteiger partial charge in [0.05, 0.1) is 5.69 Å². The van der Waals surface area contributed by atoms with Crippen molar-refractivity contribution in [3.05, 3.63) is 96.5 Å². The molecule has 44 heavy (non-hydrogen) atoms. The molecule has 10 heteroatoms. The molecule has 3 aromatic carbocycles. The monoisotopic (exact) mass is 623 g/mol. The first-order valence-corrected chi connectivity index (χ1v) is 16.5. The van der Waals surface area contributed by atoms with Gasteiger partial charge in [-0.2, -0.15) is 0 Å². The number of fused-ring (bicyclic) bond motifs is 3. The molecule has 0 aliphatic rings. The van der Waals surface area contributed by atoms with E-state index in [2.05, 4.69) is 17.1 Å². The molecule has 0 saturated heterocycles. The van der Waals surface area contributed by atoms with Crippen molar-refractivity contribution < 1.29 is 13.2 Å². The number of sulfonamides is 1. The molecule has 0 unspecified atom stereocenters. The Hall–Kier alpha value is -4.51. The summed E-state index contributed by atoms with van der Waals surface area (Å²) in [6.45, 7) is 0.690. The van der Waals surface area contributed by atoms with Crippen molar-refractivity contribution in [3.8, 4) is 22.3 Å². The molecule has 3 heterocycles. The number of aromatic amines is 1. The first kappa shape index (κ1) is 29.6. The van der Waals surface area contributed by atoms with Gasteiger partial charge in [0.25, 0.3) is 10.0 Å². The second-order valence-corrected chi connectivity index (χ2v) is 14.1. The van der Waals surface area contributed by atoms with Crippen LogP contribution in [0.5, 0.6) is 0 Å². The van der Waals surface area contributed by atoms with Gasteiger partial charge in [0.1, 0.15) is 9.86 Å². The van der Waals surface area contributed by atoms with Crippen LogP contribution in [0.4, 0.5) is 11.4 Å². The fraction of sp³-hybridized carbons (Fsp3) is 0.176. The molecule has 6 rings (SSSR count). The van der Waals surface area contributed by atoms with Crippen LogP contribution in [0.3, 0.4) is 0 Å². The van der Waals surface area contributed by atoms with Gasteiger partial charge in [-0.05, 0) is 67.0 Å². The van der Waals surface area contributed by atoms with E-state index in [-0.39, 0.29) is 5.91 Å². The van der Waals surface area contributed by atoms with E-state index < -0.39 is 10.0 Å². The quantitative estimate of drug-likeness (QED) is 0.190. The number of pyridine rings is 1. The van der Waals surface area contributed by atoms with Gasteiger partial charge in [-0.1, -0.05) is 48.5 Å². The zero-order chi connectivity index (χ0) is 31.0. The minimum absolute atomic E-state index is 0.0557. The number of H-pyrrole nitrogens is 1. The molecule has 1 N–H and O–H groups in total. The molecule has 0 saturated carbocycles. The molecule has 0 spiro atoms.